The van der Waals surface area contributed by atoms with Crippen LogP contribution in [-0.2, 0) is 0 Å². The number of hydrogen-bond donors (Lipinski definition) is 2. The number of para-hydroxylation sites is 1. The van der Waals surface area contributed by atoms with Crippen molar-refractivity contribution in [3.63, 3.8) is 0 Å². The van der Waals surface area contributed by atoms with Crippen LogP contribution in [0.1, 0.15) is 5.69 Å². The van der Waals surface area contributed by atoms with E-state index >= 15 is 0 Å². The van der Waals surface area contributed by atoms with Gasteiger partial charge in [-0.3, -0.25) is 0 Å². The lowest BCUT2D eigenvalue weighted by atomic mass is 10.0. The third kappa shape index (κ3) is 3.26. The molecule has 0 saturated carbocycles. The van der Waals surface area contributed by atoms with Crippen LogP contribution < -0.4 is 15.6 Å². The monoisotopic (exact) mass is 328 g/mol. The Labute approximate surface area is 147 Å². The molecule has 124 valence electrons. The van der Waals surface area contributed by atoms with E-state index in [-0.39, 0.29) is 0 Å². The van der Waals surface area contributed by atoms with Gasteiger partial charge in [0.05, 0.1) is 16.5 Å². The molecule has 0 atom stereocenters. The van der Waals surface area contributed by atoms with Crippen molar-refractivity contribution >= 4 is 33.1 Å². The van der Waals surface area contributed by atoms with Crippen LogP contribution in [-0.4, -0.2) is 13.1 Å². The Morgan fingerprint density at radius 3 is 2.40 bits per heavy atom. The summed E-state index contributed by atoms with van der Waals surface area (Å²) in [5, 5.41) is 10.8. The first-order chi connectivity index (χ1) is 12.3. The fourth-order valence-electron chi connectivity index (χ4n) is 3.26. The minimum Gasteiger partial charge on any atom is -0.383 e. The number of aromatic nitrogens is 1. The van der Waals surface area contributed by atoms with E-state index in [2.05, 4.69) is 77.1 Å². The van der Waals surface area contributed by atoms with Gasteiger partial charge in [-0.15, -0.1) is 0 Å². The minimum atomic E-state index is 0.861. The Morgan fingerprint density at radius 2 is 1.52 bits per heavy atom. The van der Waals surface area contributed by atoms with E-state index in [0.29, 0.717) is 0 Å². The molecule has 4 rings (SSSR count). The summed E-state index contributed by atoms with van der Waals surface area (Å²) in [6.45, 7) is 3.84. The van der Waals surface area contributed by atoms with Gasteiger partial charge in [0.15, 0.2) is 5.69 Å². The van der Waals surface area contributed by atoms with Gasteiger partial charge in [0.1, 0.15) is 0 Å². The van der Waals surface area contributed by atoms with Gasteiger partial charge in [-0.25, -0.2) is 4.98 Å². The molecule has 0 radical (unpaired) electrons. The molecule has 0 fully saturated rings. The molecule has 1 aromatic heterocycles. The maximum Gasteiger partial charge on any atom is 0.221 e. The number of H-pyrrole nitrogens is 1. The van der Waals surface area contributed by atoms with Gasteiger partial charge in [-0.2, -0.15) is 0 Å². The lowest BCUT2D eigenvalue weighted by Gasteiger charge is -2.11. The van der Waals surface area contributed by atoms with Crippen molar-refractivity contribution in [1.29, 1.82) is 0 Å². The number of pyridine rings is 1. The van der Waals surface area contributed by atoms with Crippen LogP contribution in [0.5, 0.6) is 0 Å². The molecule has 0 aliphatic rings. The van der Waals surface area contributed by atoms with Crippen molar-refractivity contribution in [3.05, 3.63) is 78.5 Å². The van der Waals surface area contributed by atoms with Crippen molar-refractivity contribution in [1.82, 2.24) is 0 Å². The Morgan fingerprint density at radius 1 is 0.760 bits per heavy atom. The highest BCUT2D eigenvalue weighted by Crippen LogP contribution is 2.27. The quantitative estimate of drug-likeness (QED) is 0.414. The first-order valence-electron chi connectivity index (χ1n) is 8.68. The van der Waals surface area contributed by atoms with Crippen LogP contribution in [0.15, 0.2) is 72.8 Å². The summed E-state index contributed by atoms with van der Waals surface area (Å²) in [4.78, 5) is 3.53. The topological polar surface area (TPSA) is 38.2 Å². The Hall–Kier alpha value is -3.07. The van der Waals surface area contributed by atoms with Gasteiger partial charge in [0.25, 0.3) is 0 Å². The van der Waals surface area contributed by atoms with Crippen molar-refractivity contribution in [2.24, 2.45) is 0 Å². The van der Waals surface area contributed by atoms with E-state index in [9.17, 15) is 0 Å². The first-order valence-corrected chi connectivity index (χ1v) is 8.68. The van der Waals surface area contributed by atoms with Gasteiger partial charge in [-0.1, -0.05) is 42.5 Å². The zero-order valence-corrected chi connectivity index (χ0v) is 14.3. The van der Waals surface area contributed by atoms with E-state index in [1.54, 1.807) is 0 Å². The van der Waals surface area contributed by atoms with E-state index in [1.165, 1.54) is 27.4 Å². The molecule has 0 bridgehead atoms. The van der Waals surface area contributed by atoms with Crippen molar-refractivity contribution < 1.29 is 4.98 Å². The van der Waals surface area contributed by atoms with Crippen molar-refractivity contribution in [3.8, 4) is 0 Å². The largest absolute Gasteiger partial charge is 0.383 e. The highest BCUT2D eigenvalue weighted by Gasteiger charge is 2.12. The smallest absolute Gasteiger partial charge is 0.221 e. The molecule has 25 heavy (non-hydrogen) atoms. The number of nitrogens with one attached hydrogen (secondary N) is 3. The summed E-state index contributed by atoms with van der Waals surface area (Å²) in [7, 11) is 0. The van der Waals surface area contributed by atoms with Gasteiger partial charge in [0, 0.05) is 31.8 Å². The molecule has 0 spiro atoms. The molecule has 1 heterocycles. The molecule has 0 aliphatic heterocycles. The summed E-state index contributed by atoms with van der Waals surface area (Å²) in [6, 6.07) is 25.4. The second-order valence-electron chi connectivity index (χ2n) is 6.29. The summed E-state index contributed by atoms with van der Waals surface area (Å²) in [5.74, 6) is 0. The highest BCUT2D eigenvalue weighted by atomic mass is 15.0. The van der Waals surface area contributed by atoms with E-state index in [0.717, 1.165) is 24.5 Å². The SMILES string of the molecule is Cc1cc(NCCNc2ccccc2)c2ccc3ccccc3c2[nH+]1. The number of anilines is 2. The van der Waals surface area contributed by atoms with Crippen molar-refractivity contribution in [2.45, 2.75) is 6.92 Å². The van der Waals surface area contributed by atoms with Gasteiger partial charge in [-0.05, 0) is 29.7 Å². The maximum atomic E-state index is 3.58. The lowest BCUT2D eigenvalue weighted by molar-refractivity contribution is -0.353. The molecular formula is C22H22N3+. The normalized spacial score (nSPS) is 10.9. The molecule has 0 unspecified atom stereocenters. The van der Waals surface area contributed by atoms with Crippen LogP contribution in [0.2, 0.25) is 0 Å². The van der Waals surface area contributed by atoms with E-state index in [4.69, 9.17) is 0 Å². The van der Waals surface area contributed by atoms with Crippen LogP contribution >= 0.6 is 0 Å². The maximum absolute atomic E-state index is 3.58. The third-order valence-corrected chi connectivity index (χ3v) is 4.45. The summed E-state index contributed by atoms with van der Waals surface area (Å²) in [6.07, 6.45) is 0. The minimum absolute atomic E-state index is 0.861. The average molecular weight is 328 g/mol. The summed E-state index contributed by atoms with van der Waals surface area (Å²) < 4.78 is 0. The van der Waals surface area contributed by atoms with Crippen molar-refractivity contribution in [2.75, 3.05) is 23.7 Å². The number of aromatic amines is 1. The Balaban J connectivity index is 1.58. The highest BCUT2D eigenvalue weighted by molar-refractivity contribution is 6.07. The molecule has 3 N–H and O–H groups in total. The number of fused-ring (bicyclic) bond motifs is 3. The lowest BCUT2D eigenvalue weighted by Crippen LogP contribution is -2.16. The molecule has 3 nitrogen and oxygen atoms in total. The number of hydrogen-bond acceptors (Lipinski definition) is 2. The molecule has 4 aromatic rings. The summed E-state index contributed by atoms with van der Waals surface area (Å²) >= 11 is 0. The average Bonchev–Trinajstić information content (AvgIpc) is 2.66. The van der Waals surface area contributed by atoms with Crippen LogP contribution in [0, 0.1) is 6.92 Å². The zero-order valence-electron chi connectivity index (χ0n) is 14.3. The number of aryl methyl sites for hydroxylation is 1. The van der Waals surface area contributed by atoms with Crippen LogP contribution in [0.25, 0.3) is 21.7 Å². The Bertz CT molecular complexity index is 1010. The predicted molar refractivity (Wildman–Crippen MR) is 106 cm³/mol. The van der Waals surface area contributed by atoms with Gasteiger partial charge >= 0.3 is 0 Å². The van der Waals surface area contributed by atoms with E-state index < -0.39 is 0 Å². The Kier molecular flexibility index (Phi) is 4.21. The van der Waals surface area contributed by atoms with E-state index in [1.807, 2.05) is 18.2 Å². The van der Waals surface area contributed by atoms with Gasteiger partial charge in [0.2, 0.25) is 5.52 Å². The molecule has 0 aliphatic carbocycles. The molecule has 3 heteroatoms. The van der Waals surface area contributed by atoms with Crippen LogP contribution in [0.3, 0.4) is 0 Å². The fraction of sp³-hybridized carbons (Fsp3) is 0.136. The van der Waals surface area contributed by atoms with Crippen LogP contribution in [0.4, 0.5) is 11.4 Å². The fourth-order valence-corrected chi connectivity index (χ4v) is 3.26. The molecule has 0 saturated heterocycles. The number of benzene rings is 3. The predicted octanol–water partition coefficient (Wildman–Crippen LogP) is 4.64. The third-order valence-electron chi connectivity index (χ3n) is 4.45. The standard InChI is InChI=1S/C22H21N3/c1-16-15-21(24-14-13-23-18-8-3-2-4-9-18)20-12-11-17-7-5-6-10-19(17)22(20)25-16/h2-12,15,23H,13-14H2,1H3,(H,24,25)/p+1. The zero-order chi connectivity index (χ0) is 17.1. The molecule has 3 aromatic carbocycles. The second-order valence-corrected chi connectivity index (χ2v) is 6.29. The number of rotatable bonds is 5. The molecule has 0 amide bonds. The summed E-state index contributed by atoms with van der Waals surface area (Å²) in [5.41, 5.74) is 4.67. The first kappa shape index (κ1) is 15.5. The van der Waals surface area contributed by atoms with Gasteiger partial charge < -0.3 is 10.6 Å². The molecular weight excluding hydrogens is 306 g/mol. The second kappa shape index (κ2) is 6.81.